The molecule has 2 aromatic rings. The molecule has 1 spiro atoms. The van der Waals surface area contributed by atoms with Gasteiger partial charge in [0.2, 0.25) is 5.91 Å². The number of imide groups is 1. The Balaban J connectivity index is 1.48. The zero-order chi connectivity index (χ0) is 22.9. The molecule has 32 heavy (non-hydrogen) atoms. The minimum atomic E-state index is -1.04. The predicted molar refractivity (Wildman–Crippen MR) is 120 cm³/mol. The molecule has 0 bridgehead atoms. The first kappa shape index (κ1) is 21.9. The van der Waals surface area contributed by atoms with E-state index < -0.39 is 11.6 Å². The number of hydrogen-bond acceptors (Lipinski definition) is 4. The topological polar surface area (TPSA) is 79.0 Å². The van der Waals surface area contributed by atoms with E-state index in [2.05, 4.69) is 5.32 Å². The number of nitrogens with zero attached hydrogens (tertiary/aromatic N) is 2. The van der Waals surface area contributed by atoms with Crippen LogP contribution in [-0.4, -0.2) is 53.4 Å². The molecule has 0 unspecified atom stereocenters. The van der Waals surface area contributed by atoms with Crippen LogP contribution in [-0.2, 0) is 22.6 Å². The fourth-order valence-electron chi connectivity index (χ4n) is 4.57. The van der Waals surface area contributed by atoms with E-state index in [1.165, 1.54) is 4.90 Å². The smallest absolute Gasteiger partial charge is 0.325 e. The molecule has 2 aliphatic rings. The summed E-state index contributed by atoms with van der Waals surface area (Å²) >= 11 is 0. The van der Waals surface area contributed by atoms with E-state index in [4.69, 9.17) is 4.74 Å². The number of aryl methyl sites for hydroxylation is 2. The number of carbonyl (C=O) groups excluding carboxylic acids is 3. The third-order valence-electron chi connectivity index (χ3n) is 6.41. The number of rotatable bonds is 5. The molecule has 7 heteroatoms. The number of hydrogen-bond donors (Lipinski definition) is 1. The summed E-state index contributed by atoms with van der Waals surface area (Å²) in [7, 11) is 1.59. The molecule has 0 radical (unpaired) electrons. The van der Waals surface area contributed by atoms with Gasteiger partial charge in [-0.1, -0.05) is 35.9 Å². The van der Waals surface area contributed by atoms with Crippen LogP contribution in [0.2, 0.25) is 0 Å². The number of piperidine rings is 1. The Labute approximate surface area is 188 Å². The van der Waals surface area contributed by atoms with Crippen molar-refractivity contribution in [3.63, 3.8) is 0 Å². The summed E-state index contributed by atoms with van der Waals surface area (Å²) in [6, 6.07) is 13.0. The second kappa shape index (κ2) is 8.65. The van der Waals surface area contributed by atoms with Gasteiger partial charge in [0.15, 0.2) is 0 Å². The second-order valence-corrected chi connectivity index (χ2v) is 8.78. The fraction of sp³-hybridized carbons (Fsp3) is 0.400. The highest BCUT2D eigenvalue weighted by molar-refractivity contribution is 6.07. The van der Waals surface area contributed by atoms with Gasteiger partial charge in [-0.05, 0) is 55.5 Å². The average Bonchev–Trinajstić information content (AvgIpc) is 3.00. The number of ether oxygens (including phenoxy) is 1. The van der Waals surface area contributed by atoms with Crippen molar-refractivity contribution >= 4 is 17.8 Å². The lowest BCUT2D eigenvalue weighted by atomic mass is 9.88. The molecule has 0 aromatic heterocycles. The van der Waals surface area contributed by atoms with Crippen molar-refractivity contribution in [2.75, 3.05) is 20.2 Å². The average molecular weight is 436 g/mol. The van der Waals surface area contributed by atoms with Crippen LogP contribution >= 0.6 is 0 Å². The Hall–Kier alpha value is -3.35. The van der Waals surface area contributed by atoms with Crippen LogP contribution in [0.3, 0.4) is 0 Å². The first-order chi connectivity index (χ1) is 15.3. The van der Waals surface area contributed by atoms with Crippen LogP contribution in [0.1, 0.15) is 35.1 Å². The summed E-state index contributed by atoms with van der Waals surface area (Å²) in [5.74, 6) is 0.389. The van der Waals surface area contributed by atoms with Crippen LogP contribution in [0.4, 0.5) is 4.79 Å². The van der Waals surface area contributed by atoms with E-state index in [0.717, 1.165) is 22.3 Å². The van der Waals surface area contributed by atoms with Crippen molar-refractivity contribution in [2.24, 2.45) is 0 Å². The van der Waals surface area contributed by atoms with Gasteiger partial charge < -0.3 is 15.0 Å². The second-order valence-electron chi connectivity index (χ2n) is 8.78. The summed E-state index contributed by atoms with van der Waals surface area (Å²) < 4.78 is 5.24. The van der Waals surface area contributed by atoms with E-state index in [0.29, 0.717) is 25.1 Å². The van der Waals surface area contributed by atoms with Gasteiger partial charge in [-0.2, -0.15) is 0 Å². The zero-order valence-electron chi connectivity index (χ0n) is 18.8. The molecule has 4 amide bonds. The summed E-state index contributed by atoms with van der Waals surface area (Å²) in [5.41, 5.74) is 2.88. The Kier molecular flexibility index (Phi) is 5.91. The number of nitrogens with one attached hydrogen (secondary N) is 1. The van der Waals surface area contributed by atoms with Crippen molar-refractivity contribution in [1.29, 1.82) is 0 Å². The number of carbonyl (C=O) groups is 3. The maximum atomic E-state index is 13.4. The van der Waals surface area contributed by atoms with E-state index in [-0.39, 0.29) is 31.3 Å². The highest BCUT2D eigenvalue weighted by Crippen LogP contribution is 2.30. The molecule has 1 atom stereocenters. The van der Waals surface area contributed by atoms with Gasteiger partial charge in [0.1, 0.15) is 11.3 Å². The van der Waals surface area contributed by atoms with Crippen LogP contribution < -0.4 is 10.1 Å². The van der Waals surface area contributed by atoms with Crippen LogP contribution in [0, 0.1) is 13.8 Å². The molecule has 1 N–H and O–H groups in total. The zero-order valence-corrected chi connectivity index (χ0v) is 18.8. The van der Waals surface area contributed by atoms with Crippen LogP contribution in [0.5, 0.6) is 5.75 Å². The lowest BCUT2D eigenvalue weighted by molar-refractivity contribution is -0.138. The van der Waals surface area contributed by atoms with Gasteiger partial charge in [-0.3, -0.25) is 14.5 Å². The fourth-order valence-corrected chi connectivity index (χ4v) is 4.57. The number of likely N-dealkylation sites (tertiary alicyclic amines) is 1. The summed E-state index contributed by atoms with van der Waals surface area (Å²) in [6.07, 6.45) is 1.42. The maximum Gasteiger partial charge on any atom is 0.325 e. The molecule has 2 fully saturated rings. The molecule has 2 saturated heterocycles. The normalized spacial score (nSPS) is 20.6. The first-order valence-corrected chi connectivity index (χ1v) is 10.9. The Morgan fingerprint density at radius 2 is 1.97 bits per heavy atom. The predicted octanol–water partition coefficient (Wildman–Crippen LogP) is 2.97. The molecule has 4 rings (SSSR count). The summed E-state index contributed by atoms with van der Waals surface area (Å²) in [4.78, 5) is 42.1. The summed E-state index contributed by atoms with van der Waals surface area (Å²) in [5, 5.41) is 2.91. The Bertz CT molecular complexity index is 1070. The number of benzene rings is 2. The molecule has 2 heterocycles. The van der Waals surface area contributed by atoms with Crippen molar-refractivity contribution in [3.8, 4) is 5.75 Å². The van der Waals surface area contributed by atoms with Crippen molar-refractivity contribution in [3.05, 3.63) is 64.7 Å². The van der Waals surface area contributed by atoms with Crippen molar-refractivity contribution in [1.82, 2.24) is 15.1 Å². The minimum absolute atomic E-state index is 0.0626. The molecule has 0 aliphatic carbocycles. The molecule has 2 aromatic carbocycles. The van der Waals surface area contributed by atoms with E-state index in [1.54, 1.807) is 12.0 Å². The monoisotopic (exact) mass is 435 g/mol. The highest BCUT2D eigenvalue weighted by atomic mass is 16.5. The Morgan fingerprint density at radius 3 is 2.75 bits per heavy atom. The van der Waals surface area contributed by atoms with E-state index in [1.807, 2.05) is 56.3 Å². The van der Waals surface area contributed by atoms with Gasteiger partial charge in [0, 0.05) is 6.54 Å². The van der Waals surface area contributed by atoms with Gasteiger partial charge in [0.25, 0.3) is 5.91 Å². The van der Waals surface area contributed by atoms with Gasteiger partial charge in [-0.25, -0.2) is 4.79 Å². The van der Waals surface area contributed by atoms with E-state index >= 15 is 0 Å². The van der Waals surface area contributed by atoms with Gasteiger partial charge in [0.05, 0.1) is 26.6 Å². The molecule has 2 aliphatic heterocycles. The molecular formula is C25H29N3O4. The van der Waals surface area contributed by atoms with Gasteiger partial charge in [-0.15, -0.1) is 0 Å². The quantitative estimate of drug-likeness (QED) is 0.733. The lowest BCUT2D eigenvalue weighted by Gasteiger charge is -2.38. The largest absolute Gasteiger partial charge is 0.497 e. The third-order valence-corrected chi connectivity index (χ3v) is 6.41. The van der Waals surface area contributed by atoms with Crippen molar-refractivity contribution < 1.29 is 19.1 Å². The lowest BCUT2D eigenvalue weighted by Crippen LogP contribution is -2.59. The Morgan fingerprint density at radius 1 is 1.16 bits per heavy atom. The molecule has 168 valence electrons. The third kappa shape index (κ3) is 4.20. The van der Waals surface area contributed by atoms with Crippen molar-refractivity contribution in [2.45, 2.75) is 45.2 Å². The first-order valence-electron chi connectivity index (χ1n) is 10.9. The molecule has 7 nitrogen and oxygen atoms in total. The van der Waals surface area contributed by atoms with E-state index in [9.17, 15) is 14.4 Å². The standard InChI is InChI=1S/C25H29N3O4/c1-17-8-9-18(2)20(12-17)15-28-23(30)25(26-24(28)31)10-5-11-27(16-25)22(29)14-19-6-4-7-21(13-19)32-3/h4,6-9,12-13H,5,10-11,14-16H2,1-3H3,(H,26,31)/t25-/m0/s1. The van der Waals surface area contributed by atoms with Crippen LogP contribution in [0.25, 0.3) is 0 Å². The van der Waals surface area contributed by atoms with Crippen LogP contribution in [0.15, 0.2) is 42.5 Å². The summed E-state index contributed by atoms with van der Waals surface area (Å²) in [6.45, 7) is 4.97. The number of urea groups is 1. The highest BCUT2D eigenvalue weighted by Gasteiger charge is 2.53. The SMILES string of the molecule is COc1cccc(CC(=O)N2CCC[C@@]3(C2)NC(=O)N(Cc2cc(C)ccc2C)C3=O)c1. The van der Waals surface area contributed by atoms with Gasteiger partial charge >= 0.3 is 6.03 Å². The minimum Gasteiger partial charge on any atom is -0.497 e. The molecular weight excluding hydrogens is 406 g/mol. The number of methoxy groups -OCH3 is 1. The number of amides is 4. The maximum absolute atomic E-state index is 13.4. The molecule has 0 saturated carbocycles.